The van der Waals surface area contributed by atoms with Gasteiger partial charge in [0, 0.05) is 37.2 Å². The Bertz CT molecular complexity index is 748. The summed E-state index contributed by atoms with van der Waals surface area (Å²) in [5.74, 6) is 0.808. The Hall–Kier alpha value is -2.77. The van der Waals surface area contributed by atoms with Crippen molar-refractivity contribution in [2.45, 2.75) is 18.9 Å². The van der Waals surface area contributed by atoms with Crippen LogP contribution in [0, 0.1) is 0 Å². The SMILES string of the molecule is c1cc(N2CCC(Nc3ccc4nnnn4n3)CC2)ccn1. The van der Waals surface area contributed by atoms with Crippen molar-refractivity contribution in [3.8, 4) is 0 Å². The van der Waals surface area contributed by atoms with Gasteiger partial charge in [0.2, 0.25) is 0 Å². The molecular formula is C14H16N8. The van der Waals surface area contributed by atoms with Crippen molar-refractivity contribution in [3.05, 3.63) is 36.7 Å². The lowest BCUT2D eigenvalue weighted by Gasteiger charge is -2.34. The fraction of sp³-hybridized carbons (Fsp3) is 0.357. The van der Waals surface area contributed by atoms with Gasteiger partial charge in [-0.1, -0.05) is 0 Å². The highest BCUT2D eigenvalue weighted by Gasteiger charge is 2.19. The molecule has 0 aliphatic carbocycles. The number of pyridine rings is 1. The predicted octanol–water partition coefficient (Wildman–Crippen LogP) is 0.995. The van der Waals surface area contributed by atoms with Crippen molar-refractivity contribution in [1.29, 1.82) is 0 Å². The van der Waals surface area contributed by atoms with E-state index in [0.717, 1.165) is 31.7 Å². The van der Waals surface area contributed by atoms with E-state index in [-0.39, 0.29) is 0 Å². The van der Waals surface area contributed by atoms with E-state index in [1.807, 2.05) is 24.5 Å². The first-order valence-electron chi connectivity index (χ1n) is 7.35. The quantitative estimate of drug-likeness (QED) is 0.771. The number of nitrogens with zero attached hydrogens (tertiary/aromatic N) is 7. The molecular weight excluding hydrogens is 280 g/mol. The van der Waals surface area contributed by atoms with Gasteiger partial charge in [-0.2, -0.15) is 0 Å². The standard InChI is InChI=1S/C14H16N8/c1-2-14-17-19-20-22(14)18-13(1)16-11-5-9-21(10-6-11)12-3-7-15-8-4-12/h1-4,7-8,11H,5-6,9-10H2,(H,16,18). The van der Waals surface area contributed by atoms with Gasteiger partial charge in [0.25, 0.3) is 0 Å². The van der Waals surface area contributed by atoms with Crippen molar-refractivity contribution in [3.63, 3.8) is 0 Å². The van der Waals surface area contributed by atoms with Gasteiger partial charge in [-0.15, -0.1) is 14.8 Å². The first-order valence-corrected chi connectivity index (χ1v) is 7.35. The van der Waals surface area contributed by atoms with Gasteiger partial charge in [-0.25, -0.2) is 0 Å². The van der Waals surface area contributed by atoms with E-state index in [2.05, 4.69) is 48.0 Å². The first-order chi connectivity index (χ1) is 10.9. The number of fused-ring (bicyclic) bond motifs is 1. The van der Waals surface area contributed by atoms with Crippen LogP contribution in [-0.2, 0) is 0 Å². The van der Waals surface area contributed by atoms with Crippen LogP contribution in [0.15, 0.2) is 36.7 Å². The number of aromatic nitrogens is 6. The van der Waals surface area contributed by atoms with E-state index in [0.29, 0.717) is 11.7 Å². The number of hydrogen-bond acceptors (Lipinski definition) is 7. The number of rotatable bonds is 3. The topological polar surface area (TPSA) is 84.1 Å². The van der Waals surface area contributed by atoms with E-state index < -0.39 is 0 Å². The summed E-state index contributed by atoms with van der Waals surface area (Å²) >= 11 is 0. The second-order valence-corrected chi connectivity index (χ2v) is 5.36. The van der Waals surface area contributed by atoms with Crippen LogP contribution in [0.3, 0.4) is 0 Å². The highest BCUT2D eigenvalue weighted by molar-refractivity contribution is 5.46. The van der Waals surface area contributed by atoms with Crippen LogP contribution in [0.1, 0.15) is 12.8 Å². The average molecular weight is 296 g/mol. The highest BCUT2D eigenvalue weighted by atomic mass is 15.6. The zero-order valence-electron chi connectivity index (χ0n) is 12.0. The van der Waals surface area contributed by atoms with Crippen molar-refractivity contribution in [2.75, 3.05) is 23.3 Å². The van der Waals surface area contributed by atoms with Gasteiger partial charge >= 0.3 is 0 Å². The molecule has 3 aromatic heterocycles. The Kier molecular flexibility index (Phi) is 3.26. The maximum atomic E-state index is 4.35. The molecule has 1 N–H and O–H groups in total. The first kappa shape index (κ1) is 12.9. The lowest BCUT2D eigenvalue weighted by atomic mass is 10.0. The van der Waals surface area contributed by atoms with Gasteiger partial charge in [-0.3, -0.25) is 4.98 Å². The lowest BCUT2D eigenvalue weighted by Crippen LogP contribution is -2.39. The fourth-order valence-corrected chi connectivity index (χ4v) is 2.77. The Morgan fingerprint density at radius 3 is 2.68 bits per heavy atom. The minimum atomic E-state index is 0.416. The van der Waals surface area contributed by atoms with Crippen molar-refractivity contribution in [2.24, 2.45) is 0 Å². The van der Waals surface area contributed by atoms with Crippen LogP contribution in [0.25, 0.3) is 5.65 Å². The van der Waals surface area contributed by atoms with Crippen LogP contribution < -0.4 is 10.2 Å². The van der Waals surface area contributed by atoms with E-state index in [1.54, 1.807) is 0 Å². The largest absolute Gasteiger partial charge is 0.371 e. The molecule has 1 saturated heterocycles. The second-order valence-electron chi connectivity index (χ2n) is 5.36. The van der Waals surface area contributed by atoms with Crippen LogP contribution in [0.4, 0.5) is 11.5 Å². The smallest absolute Gasteiger partial charge is 0.200 e. The maximum Gasteiger partial charge on any atom is 0.200 e. The molecule has 112 valence electrons. The number of nitrogens with one attached hydrogen (secondary N) is 1. The third-order valence-electron chi connectivity index (χ3n) is 3.94. The van der Waals surface area contributed by atoms with Gasteiger partial charge in [0.15, 0.2) is 5.65 Å². The zero-order valence-corrected chi connectivity index (χ0v) is 12.0. The molecule has 0 amide bonds. The molecule has 1 fully saturated rings. The van der Waals surface area contributed by atoms with E-state index >= 15 is 0 Å². The molecule has 4 rings (SSSR count). The molecule has 8 nitrogen and oxygen atoms in total. The van der Waals surface area contributed by atoms with Gasteiger partial charge in [-0.05, 0) is 47.5 Å². The molecule has 1 aliphatic rings. The average Bonchev–Trinajstić information content (AvgIpc) is 3.04. The van der Waals surface area contributed by atoms with E-state index in [1.165, 1.54) is 10.3 Å². The molecule has 22 heavy (non-hydrogen) atoms. The Balaban J connectivity index is 1.39. The van der Waals surface area contributed by atoms with Gasteiger partial charge in [0.05, 0.1) is 0 Å². The minimum Gasteiger partial charge on any atom is -0.371 e. The highest BCUT2D eigenvalue weighted by Crippen LogP contribution is 2.20. The summed E-state index contributed by atoms with van der Waals surface area (Å²) in [5.41, 5.74) is 1.89. The van der Waals surface area contributed by atoms with Gasteiger partial charge in [0.1, 0.15) is 5.82 Å². The minimum absolute atomic E-state index is 0.416. The van der Waals surface area contributed by atoms with Crippen LogP contribution >= 0.6 is 0 Å². The lowest BCUT2D eigenvalue weighted by molar-refractivity contribution is 0.524. The molecule has 0 aromatic carbocycles. The summed E-state index contributed by atoms with van der Waals surface area (Å²) in [4.78, 5) is 6.45. The van der Waals surface area contributed by atoms with Crippen molar-refractivity contribution >= 4 is 17.2 Å². The normalized spacial score (nSPS) is 16.1. The Labute approximate surface area is 127 Å². The third kappa shape index (κ3) is 2.54. The maximum absolute atomic E-state index is 4.35. The van der Waals surface area contributed by atoms with Crippen LogP contribution in [0.5, 0.6) is 0 Å². The van der Waals surface area contributed by atoms with Crippen molar-refractivity contribution in [1.82, 2.24) is 30.2 Å². The number of anilines is 2. The number of tetrazole rings is 1. The Morgan fingerprint density at radius 2 is 1.86 bits per heavy atom. The molecule has 0 unspecified atom stereocenters. The number of piperidine rings is 1. The molecule has 0 spiro atoms. The van der Waals surface area contributed by atoms with Crippen molar-refractivity contribution < 1.29 is 0 Å². The summed E-state index contributed by atoms with van der Waals surface area (Å²) in [7, 11) is 0. The summed E-state index contributed by atoms with van der Waals surface area (Å²) < 4.78 is 1.44. The number of hydrogen-bond donors (Lipinski definition) is 1. The summed E-state index contributed by atoms with van der Waals surface area (Å²) in [6.45, 7) is 2.05. The Morgan fingerprint density at radius 1 is 1.05 bits per heavy atom. The zero-order chi connectivity index (χ0) is 14.8. The molecule has 8 heteroatoms. The summed E-state index contributed by atoms with van der Waals surface area (Å²) in [5, 5.41) is 19.1. The third-order valence-corrected chi connectivity index (χ3v) is 3.94. The molecule has 0 bridgehead atoms. The van der Waals surface area contributed by atoms with Crippen LogP contribution in [-0.4, -0.2) is 49.4 Å². The molecule has 1 aliphatic heterocycles. The monoisotopic (exact) mass is 296 g/mol. The van der Waals surface area contributed by atoms with Gasteiger partial charge < -0.3 is 10.2 Å². The fourth-order valence-electron chi connectivity index (χ4n) is 2.77. The molecule has 0 saturated carbocycles. The second kappa shape index (κ2) is 5.55. The molecule has 3 aromatic rings. The molecule has 0 atom stereocenters. The predicted molar refractivity (Wildman–Crippen MR) is 81.7 cm³/mol. The van der Waals surface area contributed by atoms with Crippen LogP contribution in [0.2, 0.25) is 0 Å². The summed E-state index contributed by atoms with van der Waals surface area (Å²) in [6, 6.07) is 8.31. The summed E-state index contributed by atoms with van der Waals surface area (Å²) in [6.07, 6.45) is 5.81. The molecule has 4 heterocycles. The van der Waals surface area contributed by atoms with E-state index in [4.69, 9.17) is 0 Å². The van der Waals surface area contributed by atoms with E-state index in [9.17, 15) is 0 Å². The molecule has 0 radical (unpaired) electrons.